The van der Waals surface area contributed by atoms with Crippen LogP contribution in [0.4, 0.5) is 0 Å². The van der Waals surface area contributed by atoms with Crippen molar-refractivity contribution in [2.45, 2.75) is 32.6 Å². The zero-order valence-electron chi connectivity index (χ0n) is 16.4. The van der Waals surface area contributed by atoms with Gasteiger partial charge >= 0.3 is 0 Å². The Hall–Kier alpha value is -3.06. The molecule has 0 aliphatic heterocycles. The van der Waals surface area contributed by atoms with Gasteiger partial charge in [-0.25, -0.2) is 14.6 Å². The van der Waals surface area contributed by atoms with E-state index in [2.05, 4.69) is 17.1 Å². The number of imidazole rings is 1. The Bertz CT molecular complexity index is 1200. The molecule has 5 rings (SSSR count). The first-order chi connectivity index (χ1) is 14.1. The van der Waals surface area contributed by atoms with Crippen LogP contribution in [-0.2, 0) is 31.1 Å². The summed E-state index contributed by atoms with van der Waals surface area (Å²) in [5, 5.41) is 5.93. The van der Waals surface area contributed by atoms with E-state index in [1.54, 1.807) is 18.3 Å². The van der Waals surface area contributed by atoms with Gasteiger partial charge in [0.2, 0.25) is 0 Å². The molecule has 0 atom stereocenters. The molecule has 3 aromatic heterocycles. The predicted molar refractivity (Wildman–Crippen MR) is 113 cm³/mol. The Morgan fingerprint density at radius 3 is 2.76 bits per heavy atom. The third-order valence-electron chi connectivity index (χ3n) is 5.24. The standard InChI is InChI=1S/C22H21N5OS/c1-14(28)11-19-24-17-10-6-9-16-20(18-12-23-13-26(18)2)25-27(21(16)22(17)29-19)15-7-4-3-5-8-15/h3-5,7-8,12-13H,6,9-11H2,1-2H3. The maximum Gasteiger partial charge on any atom is 0.136 e. The molecule has 0 saturated carbocycles. The largest absolute Gasteiger partial charge is 0.332 e. The molecular weight excluding hydrogens is 382 g/mol. The summed E-state index contributed by atoms with van der Waals surface area (Å²) in [4.78, 5) is 21.9. The molecular formula is C22H21N5OS. The predicted octanol–water partition coefficient (Wildman–Crippen LogP) is 4.02. The quantitative estimate of drug-likeness (QED) is 0.516. The van der Waals surface area contributed by atoms with Crippen molar-refractivity contribution in [2.75, 3.05) is 0 Å². The number of rotatable bonds is 4. The van der Waals surface area contributed by atoms with E-state index in [0.29, 0.717) is 6.42 Å². The molecule has 0 unspecified atom stereocenters. The van der Waals surface area contributed by atoms with Gasteiger partial charge in [0.15, 0.2) is 0 Å². The molecule has 4 aromatic rings. The third kappa shape index (κ3) is 3.11. The maximum atomic E-state index is 11.7. The van der Waals surface area contributed by atoms with Crippen LogP contribution >= 0.6 is 11.3 Å². The molecule has 0 N–H and O–H groups in total. The van der Waals surface area contributed by atoms with Crippen LogP contribution in [0.5, 0.6) is 0 Å². The number of aryl methyl sites for hydroxylation is 2. The Balaban J connectivity index is 1.78. The van der Waals surface area contributed by atoms with Crippen molar-refractivity contribution < 1.29 is 4.79 Å². The third-order valence-corrected chi connectivity index (χ3v) is 6.35. The molecule has 29 heavy (non-hydrogen) atoms. The zero-order chi connectivity index (χ0) is 20.0. The average molecular weight is 404 g/mol. The van der Waals surface area contributed by atoms with Crippen LogP contribution in [0, 0.1) is 0 Å². The van der Waals surface area contributed by atoms with Crippen molar-refractivity contribution in [2.24, 2.45) is 7.05 Å². The summed E-state index contributed by atoms with van der Waals surface area (Å²) in [5.74, 6) is 0.140. The first kappa shape index (κ1) is 18.0. The van der Waals surface area contributed by atoms with Crippen LogP contribution in [0.3, 0.4) is 0 Å². The monoisotopic (exact) mass is 403 g/mol. The highest BCUT2D eigenvalue weighted by Gasteiger charge is 2.29. The van der Waals surface area contributed by atoms with E-state index in [-0.39, 0.29) is 5.78 Å². The number of aromatic nitrogens is 5. The number of thiazole rings is 1. The molecule has 1 aliphatic rings. The lowest BCUT2D eigenvalue weighted by molar-refractivity contribution is -0.116. The van der Waals surface area contributed by atoms with Crippen molar-refractivity contribution in [3.05, 3.63) is 59.1 Å². The van der Waals surface area contributed by atoms with E-state index in [4.69, 9.17) is 10.1 Å². The maximum absolute atomic E-state index is 11.7. The highest BCUT2D eigenvalue weighted by Crippen LogP contribution is 2.42. The molecule has 0 fully saturated rings. The van der Waals surface area contributed by atoms with E-state index < -0.39 is 0 Å². The molecule has 0 saturated heterocycles. The number of nitrogens with zero attached hydrogens (tertiary/aromatic N) is 5. The van der Waals surface area contributed by atoms with Crippen LogP contribution < -0.4 is 0 Å². The smallest absolute Gasteiger partial charge is 0.136 e. The number of benzene rings is 1. The summed E-state index contributed by atoms with van der Waals surface area (Å²) in [6.45, 7) is 1.62. The molecule has 7 heteroatoms. The van der Waals surface area contributed by atoms with Crippen molar-refractivity contribution in [3.8, 4) is 27.6 Å². The number of hydrogen-bond donors (Lipinski definition) is 0. The van der Waals surface area contributed by atoms with Gasteiger partial charge in [-0.3, -0.25) is 4.79 Å². The zero-order valence-corrected chi connectivity index (χ0v) is 17.2. The first-order valence-corrected chi connectivity index (χ1v) is 10.6. The van der Waals surface area contributed by atoms with Gasteiger partial charge in [0, 0.05) is 12.6 Å². The molecule has 146 valence electrons. The summed E-state index contributed by atoms with van der Waals surface area (Å²) in [5.41, 5.74) is 6.41. The summed E-state index contributed by atoms with van der Waals surface area (Å²) >= 11 is 1.63. The van der Waals surface area contributed by atoms with Gasteiger partial charge in [-0.05, 0) is 38.3 Å². The fourth-order valence-electron chi connectivity index (χ4n) is 3.94. The molecule has 0 radical (unpaired) electrons. The van der Waals surface area contributed by atoms with Crippen LogP contribution in [0.15, 0.2) is 42.9 Å². The van der Waals surface area contributed by atoms with Gasteiger partial charge in [0.25, 0.3) is 0 Å². The van der Waals surface area contributed by atoms with E-state index in [9.17, 15) is 4.79 Å². The minimum atomic E-state index is 0.140. The lowest BCUT2D eigenvalue weighted by Gasteiger charge is -2.07. The van der Waals surface area contributed by atoms with E-state index in [0.717, 1.165) is 57.6 Å². The summed E-state index contributed by atoms with van der Waals surface area (Å²) in [7, 11) is 2.00. The van der Waals surface area contributed by atoms with Gasteiger partial charge < -0.3 is 4.57 Å². The number of ketones is 1. The van der Waals surface area contributed by atoms with Crippen molar-refractivity contribution >= 4 is 17.1 Å². The minimum Gasteiger partial charge on any atom is -0.332 e. The Kier molecular flexibility index (Phi) is 4.39. The average Bonchev–Trinajstić information content (AvgIpc) is 3.36. The van der Waals surface area contributed by atoms with Crippen molar-refractivity contribution in [1.82, 2.24) is 24.3 Å². The number of carbonyl (C=O) groups is 1. The van der Waals surface area contributed by atoms with Crippen LogP contribution in [0.2, 0.25) is 0 Å². The van der Waals surface area contributed by atoms with E-state index >= 15 is 0 Å². The van der Waals surface area contributed by atoms with Crippen molar-refractivity contribution in [3.63, 3.8) is 0 Å². The Labute approximate surface area is 172 Å². The van der Waals surface area contributed by atoms with Gasteiger partial charge in [-0.15, -0.1) is 11.3 Å². The SMILES string of the molecule is CC(=O)Cc1nc2c(s1)-c1c(c(-c3cncn3C)nn1-c1ccccc1)CCC2. The summed E-state index contributed by atoms with van der Waals surface area (Å²) < 4.78 is 4.05. The highest BCUT2D eigenvalue weighted by molar-refractivity contribution is 7.15. The Morgan fingerprint density at radius 2 is 2.03 bits per heavy atom. The Morgan fingerprint density at radius 1 is 1.21 bits per heavy atom. The molecule has 1 aromatic carbocycles. The number of carbonyl (C=O) groups excluding carboxylic acids is 1. The number of fused-ring (bicyclic) bond motifs is 3. The molecule has 6 nitrogen and oxygen atoms in total. The summed E-state index contributed by atoms with van der Waals surface area (Å²) in [6, 6.07) is 10.2. The molecule has 3 heterocycles. The van der Waals surface area contributed by atoms with Gasteiger partial charge in [0.05, 0.1) is 46.6 Å². The fraction of sp³-hybridized carbons (Fsp3) is 0.273. The van der Waals surface area contributed by atoms with Crippen molar-refractivity contribution in [1.29, 1.82) is 0 Å². The second-order valence-electron chi connectivity index (χ2n) is 7.43. The number of hydrogen-bond acceptors (Lipinski definition) is 5. The molecule has 0 spiro atoms. The van der Waals surface area contributed by atoms with Crippen LogP contribution in [-0.4, -0.2) is 30.1 Å². The fourth-order valence-corrected chi connectivity index (χ4v) is 5.18. The molecule has 0 amide bonds. The highest BCUT2D eigenvalue weighted by atomic mass is 32.1. The second kappa shape index (κ2) is 7.08. The van der Waals surface area contributed by atoms with Gasteiger partial charge in [0.1, 0.15) is 16.5 Å². The minimum absolute atomic E-state index is 0.140. The van der Waals surface area contributed by atoms with Crippen LogP contribution in [0.25, 0.3) is 27.6 Å². The van der Waals surface area contributed by atoms with E-state index in [1.807, 2.05) is 47.0 Å². The summed E-state index contributed by atoms with van der Waals surface area (Å²) in [6.07, 6.45) is 6.93. The van der Waals surface area contributed by atoms with Gasteiger partial charge in [-0.1, -0.05) is 18.2 Å². The first-order valence-electron chi connectivity index (χ1n) is 9.74. The molecule has 0 bridgehead atoms. The second-order valence-corrected chi connectivity index (χ2v) is 8.51. The number of Topliss-reactive ketones (excluding diaryl/α,β-unsaturated/α-hetero) is 1. The number of para-hydroxylation sites is 1. The van der Waals surface area contributed by atoms with Crippen LogP contribution in [0.1, 0.15) is 29.6 Å². The lowest BCUT2D eigenvalue weighted by Crippen LogP contribution is -2.00. The molecule has 1 aliphatic carbocycles. The topological polar surface area (TPSA) is 65.6 Å². The lowest BCUT2D eigenvalue weighted by atomic mass is 10.1. The van der Waals surface area contributed by atoms with E-state index in [1.165, 1.54) is 5.56 Å². The normalized spacial score (nSPS) is 13.0. The van der Waals surface area contributed by atoms with Gasteiger partial charge in [-0.2, -0.15) is 5.10 Å².